The maximum atomic E-state index is 10.9. The Morgan fingerprint density at radius 2 is 2.15 bits per heavy atom. The van der Waals surface area contributed by atoms with Crippen LogP contribution in [0, 0.1) is 0 Å². The molecule has 0 saturated carbocycles. The Morgan fingerprint density at radius 3 is 2.85 bits per heavy atom. The number of cyclic esters (lactones) is 1. The Kier molecular flexibility index (Phi) is 5.46. The molecule has 0 saturated heterocycles. The summed E-state index contributed by atoms with van der Waals surface area (Å²) >= 11 is 0. The van der Waals surface area contributed by atoms with Gasteiger partial charge in [0.2, 0.25) is 5.90 Å². The van der Waals surface area contributed by atoms with Crippen LogP contribution in [0.15, 0.2) is 47.0 Å². The SMILES string of the molecule is C/C(=C\C1=NCC(=O)O1)COCOCc1ccccc1. The summed E-state index contributed by atoms with van der Waals surface area (Å²) in [5.74, 6) is 0.0254. The van der Waals surface area contributed by atoms with Gasteiger partial charge in [0.05, 0.1) is 13.2 Å². The van der Waals surface area contributed by atoms with Gasteiger partial charge in [-0.25, -0.2) is 9.79 Å². The second kappa shape index (κ2) is 7.57. The molecule has 0 N–H and O–H groups in total. The Labute approximate surface area is 117 Å². The number of aliphatic imine (C=N–C) groups is 1. The molecule has 0 radical (unpaired) electrons. The topological polar surface area (TPSA) is 57.1 Å². The van der Waals surface area contributed by atoms with Gasteiger partial charge in [-0.3, -0.25) is 0 Å². The van der Waals surface area contributed by atoms with Gasteiger partial charge in [-0.2, -0.15) is 0 Å². The van der Waals surface area contributed by atoms with Crippen molar-refractivity contribution < 1.29 is 19.0 Å². The molecule has 106 valence electrons. The Morgan fingerprint density at radius 1 is 1.35 bits per heavy atom. The van der Waals surface area contributed by atoms with Gasteiger partial charge >= 0.3 is 5.97 Å². The van der Waals surface area contributed by atoms with Crippen LogP contribution in [0.3, 0.4) is 0 Å². The van der Waals surface area contributed by atoms with Crippen molar-refractivity contribution in [2.75, 3.05) is 19.9 Å². The zero-order chi connectivity index (χ0) is 14.2. The van der Waals surface area contributed by atoms with Crippen molar-refractivity contribution in [3.8, 4) is 0 Å². The first kappa shape index (κ1) is 14.4. The maximum absolute atomic E-state index is 10.9. The number of hydrogen-bond donors (Lipinski definition) is 0. The average Bonchev–Trinajstić information content (AvgIpc) is 2.85. The Hall–Kier alpha value is -1.98. The summed E-state index contributed by atoms with van der Waals surface area (Å²) in [6.45, 7) is 3.12. The van der Waals surface area contributed by atoms with Crippen LogP contribution in [-0.2, 0) is 25.6 Å². The molecule has 0 aromatic heterocycles. The van der Waals surface area contributed by atoms with E-state index in [1.165, 1.54) is 0 Å². The van der Waals surface area contributed by atoms with E-state index < -0.39 is 0 Å². The molecule has 2 rings (SSSR count). The molecular weight excluding hydrogens is 258 g/mol. The minimum Gasteiger partial charge on any atom is -0.406 e. The third kappa shape index (κ3) is 4.95. The van der Waals surface area contributed by atoms with Crippen LogP contribution in [0.2, 0.25) is 0 Å². The van der Waals surface area contributed by atoms with Gasteiger partial charge in [-0.1, -0.05) is 30.3 Å². The predicted octanol–water partition coefficient (Wildman–Crippen LogP) is 2.08. The first-order chi connectivity index (χ1) is 9.74. The lowest BCUT2D eigenvalue weighted by molar-refractivity contribution is -0.132. The molecule has 1 aliphatic rings. The van der Waals surface area contributed by atoms with Crippen molar-refractivity contribution in [1.82, 2.24) is 0 Å². The monoisotopic (exact) mass is 275 g/mol. The fourth-order valence-electron chi connectivity index (χ4n) is 1.65. The van der Waals surface area contributed by atoms with Gasteiger partial charge in [0, 0.05) is 6.08 Å². The fourth-order valence-corrected chi connectivity index (χ4v) is 1.65. The number of esters is 1. The molecular formula is C15H17NO4. The van der Waals surface area contributed by atoms with Crippen LogP contribution in [0.5, 0.6) is 0 Å². The molecule has 1 aromatic carbocycles. The second-order valence-electron chi connectivity index (χ2n) is 4.42. The summed E-state index contributed by atoms with van der Waals surface area (Å²) in [6.07, 6.45) is 1.70. The quantitative estimate of drug-likeness (QED) is 0.434. The zero-order valence-electron chi connectivity index (χ0n) is 11.4. The van der Waals surface area contributed by atoms with Crippen molar-refractivity contribution in [3.05, 3.63) is 47.5 Å². The van der Waals surface area contributed by atoms with Gasteiger partial charge in [0.1, 0.15) is 13.3 Å². The largest absolute Gasteiger partial charge is 0.406 e. The number of benzene rings is 1. The molecule has 0 unspecified atom stereocenters. The summed E-state index contributed by atoms with van der Waals surface area (Å²) < 4.78 is 15.6. The number of rotatable bonds is 7. The van der Waals surface area contributed by atoms with Crippen molar-refractivity contribution in [2.24, 2.45) is 4.99 Å². The lowest BCUT2D eigenvalue weighted by Crippen LogP contribution is -2.05. The minimum atomic E-state index is -0.323. The number of ether oxygens (including phenoxy) is 3. The highest BCUT2D eigenvalue weighted by Crippen LogP contribution is 2.03. The van der Waals surface area contributed by atoms with Gasteiger partial charge in [-0.15, -0.1) is 0 Å². The zero-order valence-corrected chi connectivity index (χ0v) is 11.4. The standard InChI is InChI=1S/C15H17NO4/c1-12(7-14-16-8-15(17)20-14)9-18-11-19-10-13-5-3-2-4-6-13/h2-7H,8-11H2,1H3/b12-7+. The van der Waals surface area contributed by atoms with E-state index in [2.05, 4.69) is 4.99 Å². The molecule has 0 fully saturated rings. The van der Waals surface area contributed by atoms with Crippen molar-refractivity contribution >= 4 is 11.9 Å². The summed E-state index contributed by atoms with van der Waals surface area (Å²) in [4.78, 5) is 14.8. The average molecular weight is 275 g/mol. The van der Waals surface area contributed by atoms with Crippen LogP contribution in [0.1, 0.15) is 12.5 Å². The molecule has 0 atom stereocenters. The van der Waals surface area contributed by atoms with E-state index in [0.29, 0.717) is 19.1 Å². The lowest BCUT2D eigenvalue weighted by atomic mass is 10.2. The highest BCUT2D eigenvalue weighted by Gasteiger charge is 2.13. The summed E-state index contributed by atoms with van der Waals surface area (Å²) in [5, 5.41) is 0. The number of carbonyl (C=O) groups excluding carboxylic acids is 1. The van der Waals surface area contributed by atoms with Gasteiger partial charge in [0.15, 0.2) is 0 Å². The van der Waals surface area contributed by atoms with Crippen molar-refractivity contribution in [1.29, 1.82) is 0 Å². The minimum absolute atomic E-state index is 0.0974. The first-order valence-electron chi connectivity index (χ1n) is 6.36. The van der Waals surface area contributed by atoms with Crippen molar-refractivity contribution in [2.45, 2.75) is 13.5 Å². The van der Waals surface area contributed by atoms with E-state index in [1.807, 2.05) is 37.3 Å². The third-order valence-corrected chi connectivity index (χ3v) is 2.56. The van der Waals surface area contributed by atoms with Crippen LogP contribution in [-0.4, -0.2) is 31.8 Å². The van der Waals surface area contributed by atoms with E-state index in [-0.39, 0.29) is 19.3 Å². The number of nitrogens with zero attached hydrogens (tertiary/aromatic N) is 1. The summed E-state index contributed by atoms with van der Waals surface area (Å²) in [6, 6.07) is 9.90. The van der Waals surface area contributed by atoms with E-state index in [4.69, 9.17) is 14.2 Å². The normalized spacial score (nSPS) is 15.2. The Balaban J connectivity index is 1.61. The summed E-state index contributed by atoms with van der Waals surface area (Å²) in [5.41, 5.74) is 2.03. The predicted molar refractivity (Wildman–Crippen MR) is 74.2 cm³/mol. The molecule has 1 heterocycles. The highest BCUT2D eigenvalue weighted by atomic mass is 16.7. The lowest BCUT2D eigenvalue weighted by Gasteiger charge is -2.06. The van der Waals surface area contributed by atoms with Crippen LogP contribution in [0.25, 0.3) is 0 Å². The molecule has 5 nitrogen and oxygen atoms in total. The molecule has 0 spiro atoms. The molecule has 0 aliphatic carbocycles. The molecule has 0 bridgehead atoms. The smallest absolute Gasteiger partial charge is 0.334 e. The first-order valence-corrected chi connectivity index (χ1v) is 6.36. The van der Waals surface area contributed by atoms with Gasteiger partial charge in [0.25, 0.3) is 0 Å². The van der Waals surface area contributed by atoms with Gasteiger partial charge < -0.3 is 14.2 Å². The van der Waals surface area contributed by atoms with Crippen LogP contribution < -0.4 is 0 Å². The van der Waals surface area contributed by atoms with Crippen LogP contribution in [0.4, 0.5) is 0 Å². The van der Waals surface area contributed by atoms with E-state index in [1.54, 1.807) is 6.08 Å². The Bertz CT molecular complexity index is 508. The number of hydrogen-bond acceptors (Lipinski definition) is 5. The van der Waals surface area contributed by atoms with Crippen molar-refractivity contribution in [3.63, 3.8) is 0 Å². The molecule has 1 aromatic rings. The van der Waals surface area contributed by atoms with Gasteiger partial charge in [-0.05, 0) is 18.1 Å². The van der Waals surface area contributed by atoms with Crippen LogP contribution >= 0.6 is 0 Å². The maximum Gasteiger partial charge on any atom is 0.334 e. The number of carbonyl (C=O) groups is 1. The van der Waals surface area contributed by atoms with E-state index in [9.17, 15) is 4.79 Å². The van der Waals surface area contributed by atoms with E-state index in [0.717, 1.165) is 11.1 Å². The molecule has 20 heavy (non-hydrogen) atoms. The van der Waals surface area contributed by atoms with E-state index >= 15 is 0 Å². The summed E-state index contributed by atoms with van der Waals surface area (Å²) in [7, 11) is 0. The highest BCUT2D eigenvalue weighted by molar-refractivity contribution is 6.01. The fraction of sp³-hybridized carbons (Fsp3) is 0.333. The second-order valence-corrected chi connectivity index (χ2v) is 4.42. The molecule has 0 amide bonds. The third-order valence-electron chi connectivity index (χ3n) is 2.56. The molecule has 5 heteroatoms. The molecule has 1 aliphatic heterocycles.